The maximum Gasteiger partial charge on any atom is 0.313 e. The van der Waals surface area contributed by atoms with Gasteiger partial charge >= 0.3 is 11.8 Å². The first kappa shape index (κ1) is 15.5. The van der Waals surface area contributed by atoms with E-state index in [9.17, 15) is 14.4 Å². The van der Waals surface area contributed by atoms with E-state index in [0.717, 1.165) is 12.8 Å². The Labute approximate surface area is 134 Å². The molecular formula is C16H20N4O3. The lowest BCUT2D eigenvalue weighted by Gasteiger charge is -2.30. The number of fused-ring (bicyclic) bond motifs is 1. The van der Waals surface area contributed by atoms with Crippen LogP contribution in [0.1, 0.15) is 35.8 Å². The summed E-state index contributed by atoms with van der Waals surface area (Å²) in [4.78, 5) is 41.9. The van der Waals surface area contributed by atoms with Crippen LogP contribution in [-0.2, 0) is 16.0 Å². The van der Waals surface area contributed by atoms with E-state index in [4.69, 9.17) is 0 Å². The van der Waals surface area contributed by atoms with Crippen LogP contribution in [0.15, 0.2) is 12.3 Å². The van der Waals surface area contributed by atoms with E-state index in [0.29, 0.717) is 48.9 Å². The molecule has 0 aliphatic carbocycles. The van der Waals surface area contributed by atoms with Gasteiger partial charge < -0.3 is 15.5 Å². The van der Waals surface area contributed by atoms with E-state index in [-0.39, 0.29) is 5.91 Å². The average Bonchev–Trinajstić information content (AvgIpc) is 2.55. The van der Waals surface area contributed by atoms with Crippen molar-refractivity contribution in [3.8, 4) is 0 Å². The zero-order valence-corrected chi connectivity index (χ0v) is 13.1. The Morgan fingerprint density at radius 1 is 1.43 bits per heavy atom. The Morgan fingerprint density at radius 2 is 2.26 bits per heavy atom. The van der Waals surface area contributed by atoms with Crippen molar-refractivity contribution in [2.45, 2.75) is 26.2 Å². The molecule has 1 aromatic rings. The van der Waals surface area contributed by atoms with Crippen LogP contribution in [0.5, 0.6) is 0 Å². The third-order valence-corrected chi connectivity index (χ3v) is 4.26. The molecule has 122 valence electrons. The van der Waals surface area contributed by atoms with Crippen molar-refractivity contribution in [3.63, 3.8) is 0 Å². The number of piperidine rings is 1. The smallest absolute Gasteiger partial charge is 0.313 e. The number of nitrogens with one attached hydrogen (secondary N) is 2. The number of hydrogen-bond acceptors (Lipinski definition) is 4. The van der Waals surface area contributed by atoms with Gasteiger partial charge in [-0.25, -0.2) is 0 Å². The Hall–Kier alpha value is -2.44. The summed E-state index contributed by atoms with van der Waals surface area (Å²) in [6, 6.07) is 1.57. The van der Waals surface area contributed by atoms with E-state index < -0.39 is 11.8 Å². The highest BCUT2D eigenvalue weighted by atomic mass is 16.2. The number of aromatic nitrogens is 1. The van der Waals surface area contributed by atoms with E-state index in [1.807, 2.05) is 0 Å². The number of likely N-dealkylation sites (tertiary alicyclic amines) is 1. The summed E-state index contributed by atoms with van der Waals surface area (Å²) in [6.45, 7) is 3.86. The van der Waals surface area contributed by atoms with E-state index in [1.165, 1.54) is 6.20 Å². The second-order valence-corrected chi connectivity index (χ2v) is 6.18. The normalized spacial score (nSPS) is 20.5. The van der Waals surface area contributed by atoms with Crippen molar-refractivity contribution in [2.75, 3.05) is 25.0 Å². The van der Waals surface area contributed by atoms with Crippen LogP contribution in [0.2, 0.25) is 0 Å². The molecule has 0 radical (unpaired) electrons. The molecule has 3 rings (SSSR count). The molecule has 3 amide bonds. The molecule has 0 bridgehead atoms. The van der Waals surface area contributed by atoms with Crippen molar-refractivity contribution in [1.82, 2.24) is 15.2 Å². The lowest BCUT2D eigenvalue weighted by atomic mass is 10.0. The zero-order valence-electron chi connectivity index (χ0n) is 13.1. The van der Waals surface area contributed by atoms with Gasteiger partial charge in [0.1, 0.15) is 0 Å². The lowest BCUT2D eigenvalue weighted by molar-refractivity contribution is -0.144. The molecule has 2 aliphatic rings. The predicted molar refractivity (Wildman–Crippen MR) is 83.9 cm³/mol. The van der Waals surface area contributed by atoms with Crippen molar-refractivity contribution in [1.29, 1.82) is 0 Å². The highest BCUT2D eigenvalue weighted by Gasteiger charge is 2.26. The second-order valence-electron chi connectivity index (χ2n) is 6.18. The molecule has 1 aromatic heterocycles. The molecule has 0 aromatic carbocycles. The average molecular weight is 316 g/mol. The van der Waals surface area contributed by atoms with Gasteiger partial charge in [0, 0.05) is 26.1 Å². The van der Waals surface area contributed by atoms with Crippen molar-refractivity contribution in [2.24, 2.45) is 5.92 Å². The zero-order chi connectivity index (χ0) is 16.4. The summed E-state index contributed by atoms with van der Waals surface area (Å²) in [5.41, 5.74) is 1.53. The first-order valence-corrected chi connectivity index (χ1v) is 7.92. The summed E-state index contributed by atoms with van der Waals surface area (Å²) in [5, 5.41) is 5.28. The van der Waals surface area contributed by atoms with Crippen LogP contribution < -0.4 is 10.6 Å². The van der Waals surface area contributed by atoms with Gasteiger partial charge in [0.05, 0.1) is 23.1 Å². The number of hydrogen-bond donors (Lipinski definition) is 2. The number of anilines is 1. The molecule has 0 saturated carbocycles. The fourth-order valence-corrected chi connectivity index (χ4v) is 3.05. The predicted octanol–water partition coefficient (Wildman–Crippen LogP) is 0.565. The first-order valence-electron chi connectivity index (χ1n) is 7.92. The van der Waals surface area contributed by atoms with Crippen LogP contribution in [-0.4, -0.2) is 47.2 Å². The van der Waals surface area contributed by atoms with Crippen LogP contribution >= 0.6 is 0 Å². The van der Waals surface area contributed by atoms with Crippen molar-refractivity contribution < 1.29 is 14.4 Å². The summed E-state index contributed by atoms with van der Waals surface area (Å²) >= 11 is 0. The fraction of sp³-hybridized carbons (Fsp3) is 0.500. The monoisotopic (exact) mass is 316 g/mol. The summed E-state index contributed by atoms with van der Waals surface area (Å²) < 4.78 is 0. The van der Waals surface area contributed by atoms with Gasteiger partial charge in [-0.3, -0.25) is 19.4 Å². The Morgan fingerprint density at radius 3 is 3.04 bits per heavy atom. The largest absolute Gasteiger partial charge is 0.352 e. The number of rotatable bonds is 1. The van der Waals surface area contributed by atoms with Crippen molar-refractivity contribution in [3.05, 3.63) is 23.5 Å². The minimum absolute atomic E-state index is 0.203. The summed E-state index contributed by atoms with van der Waals surface area (Å²) in [5.74, 6) is -1.00. The van der Waals surface area contributed by atoms with Gasteiger partial charge in [0.15, 0.2) is 0 Å². The Balaban J connectivity index is 1.69. The summed E-state index contributed by atoms with van der Waals surface area (Å²) in [7, 11) is 0. The fourth-order valence-electron chi connectivity index (χ4n) is 3.05. The molecule has 2 aliphatic heterocycles. The molecular weight excluding hydrogens is 296 g/mol. The Bertz CT molecular complexity index is 659. The van der Waals surface area contributed by atoms with Gasteiger partial charge in [-0.2, -0.15) is 0 Å². The third-order valence-electron chi connectivity index (χ3n) is 4.26. The molecule has 1 atom stereocenters. The van der Waals surface area contributed by atoms with Gasteiger partial charge in [-0.1, -0.05) is 6.92 Å². The molecule has 1 saturated heterocycles. The number of carbonyl (C=O) groups excluding carboxylic acids is 3. The third kappa shape index (κ3) is 3.33. The maximum absolute atomic E-state index is 12.2. The number of nitrogens with zero attached hydrogens (tertiary/aromatic N) is 2. The number of amides is 3. The quantitative estimate of drug-likeness (QED) is 0.741. The number of pyridine rings is 1. The van der Waals surface area contributed by atoms with E-state index >= 15 is 0 Å². The topological polar surface area (TPSA) is 91.4 Å². The second kappa shape index (κ2) is 6.36. The van der Waals surface area contributed by atoms with Gasteiger partial charge in [-0.05, 0) is 24.8 Å². The summed E-state index contributed by atoms with van der Waals surface area (Å²) in [6.07, 6.45) is 4.15. The first-order chi connectivity index (χ1) is 11.0. The number of carbonyl (C=O) groups is 3. The Kier molecular flexibility index (Phi) is 4.27. The lowest BCUT2D eigenvalue weighted by Crippen LogP contribution is -2.44. The van der Waals surface area contributed by atoms with Gasteiger partial charge in [0.25, 0.3) is 5.91 Å². The highest BCUT2D eigenvalue weighted by molar-refractivity contribution is 6.39. The maximum atomic E-state index is 12.2. The molecule has 0 spiro atoms. The van der Waals surface area contributed by atoms with Gasteiger partial charge in [-0.15, -0.1) is 0 Å². The molecule has 1 unspecified atom stereocenters. The molecule has 7 heteroatoms. The minimum Gasteiger partial charge on any atom is -0.352 e. The molecule has 1 fully saturated rings. The van der Waals surface area contributed by atoms with Gasteiger partial charge in [0.2, 0.25) is 0 Å². The van der Waals surface area contributed by atoms with E-state index in [2.05, 4.69) is 22.5 Å². The van der Waals surface area contributed by atoms with Crippen LogP contribution in [0, 0.1) is 5.92 Å². The van der Waals surface area contributed by atoms with E-state index in [1.54, 1.807) is 11.0 Å². The molecule has 7 nitrogen and oxygen atoms in total. The minimum atomic E-state index is -0.683. The molecule has 23 heavy (non-hydrogen) atoms. The molecule has 3 heterocycles. The standard InChI is InChI=1S/C16H20N4O3/c1-10-3-2-6-20(9-10)16(23)15(22)19-11-7-12-13(18-8-11)4-5-17-14(12)21/h7-8,10H,2-6,9H2,1H3,(H,17,21)(H,19,22). The van der Waals surface area contributed by atoms with Crippen LogP contribution in [0.4, 0.5) is 5.69 Å². The highest BCUT2D eigenvalue weighted by Crippen LogP contribution is 2.18. The van der Waals surface area contributed by atoms with Crippen LogP contribution in [0.3, 0.4) is 0 Å². The SMILES string of the molecule is CC1CCCN(C(=O)C(=O)Nc2cnc3c(c2)C(=O)NCC3)C1. The molecule has 2 N–H and O–H groups in total. The van der Waals surface area contributed by atoms with Crippen molar-refractivity contribution >= 4 is 23.4 Å². The van der Waals surface area contributed by atoms with Crippen LogP contribution in [0.25, 0.3) is 0 Å².